The number of hydrogen-bond donors (Lipinski definition) is 3. The van der Waals surface area contributed by atoms with Gasteiger partial charge in [-0.15, -0.1) is 0 Å². The molecule has 0 fully saturated rings. The Morgan fingerprint density at radius 2 is 2.29 bits per heavy atom. The van der Waals surface area contributed by atoms with E-state index in [1.165, 1.54) is 5.56 Å². The van der Waals surface area contributed by atoms with E-state index in [4.69, 9.17) is 10.8 Å². The molecule has 14 heavy (non-hydrogen) atoms. The molecular weight excluding hydrogens is 176 g/mol. The van der Waals surface area contributed by atoms with Crippen LogP contribution in [0.15, 0.2) is 18.2 Å². The molecule has 0 amide bonds. The first-order valence-electron chi connectivity index (χ1n) is 4.99. The molecule has 4 N–H and O–H groups in total. The molecule has 1 aliphatic rings. The Labute approximate surface area is 83.9 Å². The number of nitrogen functional groups attached to an aromatic ring is 1. The number of rotatable bonds is 2. The van der Waals surface area contributed by atoms with Crippen molar-refractivity contribution in [2.75, 3.05) is 17.7 Å². The molecule has 1 aliphatic heterocycles. The highest BCUT2D eigenvalue weighted by Crippen LogP contribution is 2.37. The largest absolute Gasteiger partial charge is 0.399 e. The number of hydrogen-bond acceptors (Lipinski definition) is 3. The predicted octanol–water partition coefficient (Wildman–Crippen LogP) is 1.55. The summed E-state index contributed by atoms with van der Waals surface area (Å²) in [4.78, 5) is 0. The molecule has 3 heteroatoms. The van der Waals surface area contributed by atoms with Crippen LogP contribution in [0.4, 0.5) is 11.4 Å². The molecule has 3 nitrogen and oxygen atoms in total. The van der Waals surface area contributed by atoms with Gasteiger partial charge in [0, 0.05) is 29.9 Å². The van der Waals surface area contributed by atoms with Gasteiger partial charge in [0.05, 0.1) is 0 Å². The zero-order valence-electron chi connectivity index (χ0n) is 8.33. The second-order valence-electron chi connectivity index (χ2n) is 3.90. The standard InChI is InChI=1S/C11H16N2O/c1-7-9-6-8(12)2-3-11(9)13-10(7)4-5-14/h2-3,6-7,10,13-14H,4-5,12H2,1H3. The van der Waals surface area contributed by atoms with Crippen LogP contribution in [0.2, 0.25) is 0 Å². The smallest absolute Gasteiger partial charge is 0.0450 e. The molecule has 0 aliphatic carbocycles. The summed E-state index contributed by atoms with van der Waals surface area (Å²) in [5, 5.41) is 12.3. The van der Waals surface area contributed by atoms with E-state index in [-0.39, 0.29) is 6.61 Å². The number of benzene rings is 1. The maximum Gasteiger partial charge on any atom is 0.0450 e. The maximum atomic E-state index is 8.91. The van der Waals surface area contributed by atoms with Crippen molar-refractivity contribution >= 4 is 11.4 Å². The van der Waals surface area contributed by atoms with Crippen LogP contribution in [0, 0.1) is 0 Å². The van der Waals surface area contributed by atoms with Crippen molar-refractivity contribution in [3.63, 3.8) is 0 Å². The van der Waals surface area contributed by atoms with Crippen LogP contribution in [0.25, 0.3) is 0 Å². The fraction of sp³-hybridized carbons (Fsp3) is 0.455. The van der Waals surface area contributed by atoms with Gasteiger partial charge in [0.1, 0.15) is 0 Å². The number of aliphatic hydroxyl groups excluding tert-OH is 1. The van der Waals surface area contributed by atoms with Crippen molar-refractivity contribution in [1.82, 2.24) is 0 Å². The molecular formula is C11H16N2O. The summed E-state index contributed by atoms with van der Waals surface area (Å²) < 4.78 is 0. The van der Waals surface area contributed by atoms with E-state index in [2.05, 4.69) is 12.2 Å². The van der Waals surface area contributed by atoms with Crippen LogP contribution in [-0.4, -0.2) is 17.8 Å². The predicted molar refractivity (Wildman–Crippen MR) is 58.4 cm³/mol. The van der Waals surface area contributed by atoms with Crippen LogP contribution < -0.4 is 11.1 Å². The minimum absolute atomic E-state index is 0.228. The van der Waals surface area contributed by atoms with Gasteiger partial charge in [-0.2, -0.15) is 0 Å². The number of anilines is 2. The number of nitrogens with two attached hydrogens (primary N) is 1. The molecule has 1 heterocycles. The van der Waals surface area contributed by atoms with Crippen LogP contribution in [0.1, 0.15) is 24.8 Å². The third kappa shape index (κ3) is 1.44. The summed E-state index contributed by atoms with van der Waals surface area (Å²) in [5.74, 6) is 0.431. The summed E-state index contributed by atoms with van der Waals surface area (Å²) in [6.45, 7) is 2.39. The molecule has 0 spiro atoms. The van der Waals surface area contributed by atoms with E-state index in [9.17, 15) is 0 Å². The minimum atomic E-state index is 0.228. The van der Waals surface area contributed by atoms with Gasteiger partial charge in [-0.3, -0.25) is 0 Å². The van der Waals surface area contributed by atoms with Crippen LogP contribution in [0.5, 0.6) is 0 Å². The quantitative estimate of drug-likeness (QED) is 0.623. The maximum absolute atomic E-state index is 8.91. The van der Waals surface area contributed by atoms with E-state index in [1.807, 2.05) is 18.2 Å². The van der Waals surface area contributed by atoms with Crippen LogP contribution >= 0.6 is 0 Å². The fourth-order valence-corrected chi connectivity index (χ4v) is 2.09. The Kier molecular flexibility index (Phi) is 2.33. The van der Waals surface area contributed by atoms with Crippen molar-refractivity contribution in [3.05, 3.63) is 23.8 Å². The average molecular weight is 192 g/mol. The first kappa shape index (κ1) is 9.34. The SMILES string of the molecule is CC1c2cc(N)ccc2NC1CCO. The van der Waals surface area contributed by atoms with Crippen LogP contribution in [-0.2, 0) is 0 Å². The fourth-order valence-electron chi connectivity index (χ4n) is 2.09. The Hall–Kier alpha value is -1.22. The minimum Gasteiger partial charge on any atom is -0.399 e. The number of aliphatic hydroxyl groups is 1. The van der Waals surface area contributed by atoms with Crippen molar-refractivity contribution in [1.29, 1.82) is 0 Å². The lowest BCUT2D eigenvalue weighted by molar-refractivity contribution is 0.275. The summed E-state index contributed by atoms with van der Waals surface area (Å²) >= 11 is 0. The summed E-state index contributed by atoms with van der Waals surface area (Å²) in [6.07, 6.45) is 0.787. The van der Waals surface area contributed by atoms with E-state index in [1.54, 1.807) is 0 Å². The molecule has 0 radical (unpaired) electrons. The van der Waals surface area contributed by atoms with Crippen molar-refractivity contribution in [2.24, 2.45) is 0 Å². The Morgan fingerprint density at radius 3 is 3.00 bits per heavy atom. The molecule has 2 unspecified atom stereocenters. The second kappa shape index (κ2) is 3.50. The number of nitrogens with one attached hydrogen (secondary N) is 1. The van der Waals surface area contributed by atoms with Gasteiger partial charge in [-0.05, 0) is 30.2 Å². The van der Waals surface area contributed by atoms with Crippen molar-refractivity contribution in [2.45, 2.75) is 25.3 Å². The topological polar surface area (TPSA) is 58.3 Å². The van der Waals surface area contributed by atoms with Gasteiger partial charge in [-0.25, -0.2) is 0 Å². The average Bonchev–Trinajstić information content (AvgIpc) is 2.46. The molecule has 0 aromatic heterocycles. The highest BCUT2D eigenvalue weighted by molar-refractivity contribution is 5.63. The van der Waals surface area contributed by atoms with E-state index in [0.29, 0.717) is 12.0 Å². The molecule has 2 rings (SSSR count). The van der Waals surface area contributed by atoms with E-state index in [0.717, 1.165) is 17.8 Å². The summed E-state index contributed by atoms with van der Waals surface area (Å²) in [5.41, 5.74) is 8.97. The highest BCUT2D eigenvalue weighted by atomic mass is 16.3. The van der Waals surface area contributed by atoms with Crippen molar-refractivity contribution in [3.8, 4) is 0 Å². The summed E-state index contributed by atoms with van der Waals surface area (Å²) in [7, 11) is 0. The molecule has 1 aromatic rings. The highest BCUT2D eigenvalue weighted by Gasteiger charge is 2.27. The van der Waals surface area contributed by atoms with Gasteiger partial charge in [0.25, 0.3) is 0 Å². The second-order valence-corrected chi connectivity index (χ2v) is 3.90. The molecule has 76 valence electrons. The van der Waals surface area contributed by atoms with E-state index < -0.39 is 0 Å². The first-order chi connectivity index (χ1) is 6.72. The molecule has 0 saturated carbocycles. The van der Waals surface area contributed by atoms with Crippen molar-refractivity contribution < 1.29 is 5.11 Å². The van der Waals surface area contributed by atoms with Gasteiger partial charge in [0.15, 0.2) is 0 Å². The molecule has 0 bridgehead atoms. The molecule has 1 aromatic carbocycles. The first-order valence-corrected chi connectivity index (χ1v) is 4.99. The lowest BCUT2D eigenvalue weighted by atomic mass is 9.95. The molecule has 2 atom stereocenters. The monoisotopic (exact) mass is 192 g/mol. The zero-order chi connectivity index (χ0) is 10.1. The van der Waals surface area contributed by atoms with Gasteiger partial charge < -0.3 is 16.2 Å². The third-order valence-corrected chi connectivity index (χ3v) is 2.95. The lowest BCUT2D eigenvalue weighted by Crippen LogP contribution is -2.19. The van der Waals surface area contributed by atoms with Gasteiger partial charge in [-0.1, -0.05) is 6.92 Å². The Bertz CT molecular complexity index is 338. The van der Waals surface area contributed by atoms with Crippen LogP contribution in [0.3, 0.4) is 0 Å². The Morgan fingerprint density at radius 1 is 1.50 bits per heavy atom. The zero-order valence-corrected chi connectivity index (χ0v) is 8.33. The lowest BCUT2D eigenvalue weighted by Gasteiger charge is -2.14. The number of fused-ring (bicyclic) bond motifs is 1. The van der Waals surface area contributed by atoms with Gasteiger partial charge in [0.2, 0.25) is 0 Å². The van der Waals surface area contributed by atoms with E-state index >= 15 is 0 Å². The summed E-state index contributed by atoms with van der Waals surface area (Å²) in [6, 6.07) is 6.28. The third-order valence-electron chi connectivity index (χ3n) is 2.95. The normalized spacial score (nSPS) is 24.4. The van der Waals surface area contributed by atoms with Gasteiger partial charge >= 0.3 is 0 Å². The molecule has 0 saturated heterocycles. The Balaban J connectivity index is 2.27.